The van der Waals surface area contributed by atoms with Gasteiger partial charge in [-0.2, -0.15) is 0 Å². The maximum Gasteiger partial charge on any atom is 0.338 e. The molecular formula is C25H21BrN2O7. The maximum absolute atomic E-state index is 12.7. The highest BCUT2D eigenvalue weighted by atomic mass is 79.9. The fourth-order valence-electron chi connectivity index (χ4n) is 3.64. The summed E-state index contributed by atoms with van der Waals surface area (Å²) in [4.78, 5) is 53.4. The van der Waals surface area contributed by atoms with Gasteiger partial charge in [0.2, 0.25) is 0 Å². The molecule has 0 aliphatic carbocycles. The summed E-state index contributed by atoms with van der Waals surface area (Å²) >= 11 is 3.11. The first-order valence-electron chi connectivity index (χ1n) is 10.7. The van der Waals surface area contributed by atoms with Gasteiger partial charge in [0.1, 0.15) is 25.0 Å². The molecule has 1 aliphatic rings. The molecule has 2 heterocycles. The Morgan fingerprint density at radius 2 is 1.66 bits per heavy atom. The first kappa shape index (κ1) is 24.4. The van der Waals surface area contributed by atoms with Crippen molar-refractivity contribution in [3.05, 3.63) is 109 Å². The molecular weight excluding hydrogens is 520 g/mol. The lowest BCUT2D eigenvalue weighted by Gasteiger charge is -2.19. The van der Waals surface area contributed by atoms with E-state index in [-0.39, 0.29) is 18.6 Å². The molecule has 1 fully saturated rings. The van der Waals surface area contributed by atoms with Gasteiger partial charge < -0.3 is 14.2 Å². The standard InChI is InChI=1S/C25H21BrN2O7/c26-12-11-18-14-28(25(32)27-22(18)29)21-13-19(35-24(31)17-9-5-2-6-10-17)20(34-21)15-33-23(30)16-7-3-1-4-8-16/h1-12,14,19-21H,13,15H2,(H,27,29,32)/t19-,20+,21+/m0/s1. The second-order valence-corrected chi connectivity index (χ2v) is 8.21. The summed E-state index contributed by atoms with van der Waals surface area (Å²) in [6, 6.07) is 16.9. The largest absolute Gasteiger partial charge is 0.459 e. The number of H-pyrrole nitrogens is 1. The van der Waals surface area contributed by atoms with E-state index >= 15 is 0 Å². The molecule has 0 saturated carbocycles. The number of hydrogen-bond donors (Lipinski definition) is 1. The zero-order valence-corrected chi connectivity index (χ0v) is 19.9. The Labute approximate surface area is 208 Å². The number of carbonyl (C=O) groups excluding carboxylic acids is 2. The van der Waals surface area contributed by atoms with E-state index in [2.05, 4.69) is 20.9 Å². The normalized spacial score (nSPS) is 19.5. The van der Waals surface area contributed by atoms with E-state index in [0.29, 0.717) is 11.1 Å². The van der Waals surface area contributed by atoms with Gasteiger partial charge in [0.15, 0.2) is 0 Å². The molecule has 1 N–H and O–H groups in total. The van der Waals surface area contributed by atoms with E-state index in [4.69, 9.17) is 14.2 Å². The SMILES string of the molecule is O=C(OC[C@H]1O[C@@H](n2cc(C=CBr)c(=O)[nH]c2=O)C[C@@H]1OC(=O)c1ccccc1)c1ccccc1. The fourth-order valence-corrected chi connectivity index (χ4v) is 3.93. The molecule has 0 radical (unpaired) electrons. The maximum atomic E-state index is 12.7. The van der Waals surface area contributed by atoms with Gasteiger partial charge >= 0.3 is 17.6 Å². The van der Waals surface area contributed by atoms with Gasteiger partial charge in [-0.1, -0.05) is 52.3 Å². The van der Waals surface area contributed by atoms with Crippen LogP contribution in [-0.2, 0) is 14.2 Å². The van der Waals surface area contributed by atoms with Crippen LogP contribution in [-0.4, -0.2) is 40.3 Å². The van der Waals surface area contributed by atoms with E-state index in [1.807, 2.05) is 0 Å². The van der Waals surface area contributed by atoms with Gasteiger partial charge in [-0.3, -0.25) is 14.3 Å². The van der Waals surface area contributed by atoms with E-state index in [9.17, 15) is 19.2 Å². The number of aromatic amines is 1. The minimum atomic E-state index is -0.865. The third-order valence-electron chi connectivity index (χ3n) is 5.38. The van der Waals surface area contributed by atoms with E-state index in [1.165, 1.54) is 21.8 Å². The van der Waals surface area contributed by atoms with Crippen LogP contribution in [0.5, 0.6) is 0 Å². The second-order valence-electron chi connectivity index (χ2n) is 7.68. The van der Waals surface area contributed by atoms with Crippen LogP contribution in [0.2, 0.25) is 0 Å². The number of esters is 2. The number of nitrogens with zero attached hydrogens (tertiary/aromatic N) is 1. The molecule has 1 aliphatic heterocycles. The van der Waals surface area contributed by atoms with E-state index in [1.54, 1.807) is 60.7 Å². The van der Waals surface area contributed by atoms with Crippen molar-refractivity contribution >= 4 is 33.9 Å². The molecule has 3 atom stereocenters. The van der Waals surface area contributed by atoms with Gasteiger partial charge in [-0.05, 0) is 35.3 Å². The molecule has 2 aromatic carbocycles. The predicted molar refractivity (Wildman–Crippen MR) is 130 cm³/mol. The quantitative estimate of drug-likeness (QED) is 0.457. The van der Waals surface area contributed by atoms with Crippen LogP contribution in [0.1, 0.15) is 38.9 Å². The van der Waals surface area contributed by atoms with Crippen molar-refractivity contribution in [3.8, 4) is 0 Å². The zero-order valence-electron chi connectivity index (χ0n) is 18.3. The summed E-state index contributed by atoms with van der Waals surface area (Å²) in [5.41, 5.74) is -0.297. The lowest BCUT2D eigenvalue weighted by atomic mass is 10.1. The van der Waals surface area contributed by atoms with Crippen molar-refractivity contribution in [3.63, 3.8) is 0 Å². The summed E-state index contributed by atoms with van der Waals surface area (Å²) < 4.78 is 18.3. The number of benzene rings is 2. The molecule has 0 spiro atoms. The summed E-state index contributed by atoms with van der Waals surface area (Å²) in [7, 11) is 0. The van der Waals surface area contributed by atoms with Crippen molar-refractivity contribution in [1.82, 2.24) is 9.55 Å². The minimum absolute atomic E-state index is 0.107. The summed E-state index contributed by atoms with van der Waals surface area (Å²) in [6.45, 7) is -0.205. The second kappa shape index (κ2) is 11.1. The third kappa shape index (κ3) is 5.84. The Kier molecular flexibility index (Phi) is 7.74. The highest BCUT2D eigenvalue weighted by Gasteiger charge is 2.40. The molecule has 9 nitrogen and oxygen atoms in total. The van der Waals surface area contributed by atoms with Gasteiger partial charge in [0.05, 0.1) is 16.7 Å². The van der Waals surface area contributed by atoms with Crippen LogP contribution >= 0.6 is 15.9 Å². The average molecular weight is 541 g/mol. The fraction of sp³-hybridized carbons (Fsp3) is 0.200. The number of aromatic nitrogens is 2. The van der Waals surface area contributed by atoms with E-state index < -0.39 is 41.6 Å². The first-order valence-corrected chi connectivity index (χ1v) is 11.6. The van der Waals surface area contributed by atoms with Crippen LogP contribution in [0, 0.1) is 0 Å². The van der Waals surface area contributed by atoms with Crippen LogP contribution in [0.3, 0.4) is 0 Å². The number of carbonyl (C=O) groups is 2. The molecule has 0 bridgehead atoms. The number of rotatable bonds is 7. The van der Waals surface area contributed by atoms with E-state index in [0.717, 1.165) is 0 Å². The average Bonchev–Trinajstić information content (AvgIpc) is 3.27. The summed E-state index contributed by atoms with van der Waals surface area (Å²) in [6.07, 6.45) is 0.430. The van der Waals surface area contributed by atoms with Crippen LogP contribution in [0.4, 0.5) is 0 Å². The van der Waals surface area contributed by atoms with Crippen molar-refractivity contribution in [1.29, 1.82) is 0 Å². The van der Waals surface area contributed by atoms with Crippen molar-refractivity contribution < 1.29 is 23.8 Å². The minimum Gasteiger partial charge on any atom is -0.459 e. The number of halogens is 1. The molecule has 3 aromatic rings. The van der Waals surface area contributed by atoms with Gasteiger partial charge in [-0.25, -0.2) is 14.4 Å². The number of hydrogen-bond acceptors (Lipinski definition) is 7. The predicted octanol–water partition coefficient (Wildman–Crippen LogP) is 3.27. The van der Waals surface area contributed by atoms with Gasteiger partial charge in [0, 0.05) is 12.6 Å². The van der Waals surface area contributed by atoms with Crippen LogP contribution < -0.4 is 11.2 Å². The zero-order chi connectivity index (χ0) is 24.8. The summed E-state index contributed by atoms with van der Waals surface area (Å²) in [5.74, 6) is -1.13. The highest BCUT2D eigenvalue weighted by molar-refractivity contribution is 9.11. The lowest BCUT2D eigenvalue weighted by Crippen LogP contribution is -2.33. The lowest BCUT2D eigenvalue weighted by molar-refractivity contribution is -0.0582. The van der Waals surface area contributed by atoms with Crippen molar-refractivity contribution in [2.24, 2.45) is 0 Å². The Bertz CT molecular complexity index is 1340. The molecule has 4 rings (SSSR count). The summed E-state index contributed by atoms with van der Waals surface area (Å²) in [5, 5.41) is 0. The number of ether oxygens (including phenoxy) is 3. The monoisotopic (exact) mass is 540 g/mol. The molecule has 0 amide bonds. The number of nitrogens with one attached hydrogen (secondary N) is 1. The molecule has 1 aromatic heterocycles. The van der Waals surface area contributed by atoms with Crippen LogP contribution in [0.25, 0.3) is 6.08 Å². The Hall–Kier alpha value is -3.76. The van der Waals surface area contributed by atoms with Gasteiger partial charge in [-0.15, -0.1) is 0 Å². The molecule has 1 saturated heterocycles. The van der Waals surface area contributed by atoms with Crippen molar-refractivity contribution in [2.45, 2.75) is 24.9 Å². The third-order valence-corrected chi connectivity index (χ3v) is 5.65. The van der Waals surface area contributed by atoms with Crippen molar-refractivity contribution in [2.75, 3.05) is 6.61 Å². The Morgan fingerprint density at radius 3 is 2.29 bits per heavy atom. The Balaban J connectivity index is 1.56. The Morgan fingerprint density at radius 1 is 1.03 bits per heavy atom. The smallest absolute Gasteiger partial charge is 0.338 e. The van der Waals surface area contributed by atoms with Crippen LogP contribution in [0.15, 0.2) is 81.4 Å². The molecule has 35 heavy (non-hydrogen) atoms. The first-order chi connectivity index (χ1) is 17.0. The molecule has 10 heteroatoms. The topological polar surface area (TPSA) is 117 Å². The van der Waals surface area contributed by atoms with Gasteiger partial charge in [0.25, 0.3) is 5.56 Å². The highest BCUT2D eigenvalue weighted by Crippen LogP contribution is 2.31. The molecule has 180 valence electrons. The molecule has 0 unspecified atom stereocenters.